The average molecular weight is 431 g/mol. The first-order chi connectivity index (χ1) is 13.8. The summed E-state index contributed by atoms with van der Waals surface area (Å²) in [4.78, 5) is 13.6. The summed E-state index contributed by atoms with van der Waals surface area (Å²) in [6, 6.07) is 14.7. The first-order valence-electron chi connectivity index (χ1n) is 8.83. The van der Waals surface area contributed by atoms with Crippen LogP contribution in [0, 0.1) is 5.82 Å². The Morgan fingerprint density at radius 1 is 1.07 bits per heavy atom. The van der Waals surface area contributed by atoms with E-state index in [0.717, 1.165) is 32.7 Å². The van der Waals surface area contributed by atoms with Crippen LogP contribution in [0.4, 0.5) is 4.39 Å². The summed E-state index contributed by atoms with van der Waals surface area (Å²) in [6.07, 6.45) is 4.19. The van der Waals surface area contributed by atoms with Crippen LogP contribution in [0.25, 0.3) is 27.6 Å². The predicted molar refractivity (Wildman–Crippen MR) is 114 cm³/mol. The maximum absolute atomic E-state index is 13.4. The van der Waals surface area contributed by atoms with Gasteiger partial charge in [-0.15, -0.1) is 11.3 Å². The molecular formula is C22H19FO4S2. The molecule has 0 aliphatic carbocycles. The second-order valence-corrected chi connectivity index (χ2v) is 9.38. The zero-order valence-electron chi connectivity index (χ0n) is 15.9. The van der Waals surface area contributed by atoms with E-state index in [0.29, 0.717) is 6.61 Å². The fraction of sp³-hybridized carbons (Fsp3) is 0.136. The molecule has 3 aromatic rings. The molecule has 0 spiro atoms. The van der Waals surface area contributed by atoms with Crippen molar-refractivity contribution in [2.75, 3.05) is 12.9 Å². The number of carbonyl (C=O) groups is 1. The maximum atomic E-state index is 13.4. The summed E-state index contributed by atoms with van der Waals surface area (Å²) < 4.78 is 41.7. The van der Waals surface area contributed by atoms with E-state index in [1.807, 2.05) is 6.07 Å². The molecule has 29 heavy (non-hydrogen) atoms. The zero-order valence-corrected chi connectivity index (χ0v) is 17.5. The van der Waals surface area contributed by atoms with Gasteiger partial charge < -0.3 is 4.74 Å². The van der Waals surface area contributed by atoms with Gasteiger partial charge in [-0.1, -0.05) is 24.3 Å². The number of thiophene rings is 1. The molecule has 0 atom stereocenters. The Bertz CT molecular complexity index is 1140. The van der Waals surface area contributed by atoms with Crippen LogP contribution in [0.3, 0.4) is 0 Å². The molecule has 150 valence electrons. The second-order valence-electron chi connectivity index (χ2n) is 6.28. The smallest absolute Gasteiger partial charge is 0.330 e. The minimum atomic E-state index is -3.29. The van der Waals surface area contributed by atoms with Crippen molar-refractivity contribution in [2.45, 2.75) is 11.8 Å². The Labute approximate surface area is 173 Å². The van der Waals surface area contributed by atoms with Crippen molar-refractivity contribution in [3.63, 3.8) is 0 Å². The van der Waals surface area contributed by atoms with E-state index in [4.69, 9.17) is 4.74 Å². The molecule has 0 unspecified atom stereocenters. The molecule has 0 aliphatic rings. The standard InChI is InChI=1S/C22H19FO4S2/c1-3-27-21(24)13-10-18-14-20(15-6-11-19(12-7-15)29(2,25)26)22(28-18)16-4-8-17(23)9-5-16/h4-14H,3H2,1-2H3/b13-10+. The summed E-state index contributed by atoms with van der Waals surface area (Å²) in [5.74, 6) is -0.755. The van der Waals surface area contributed by atoms with Crippen LogP contribution in [0.5, 0.6) is 0 Å². The van der Waals surface area contributed by atoms with Crippen molar-refractivity contribution >= 4 is 33.2 Å². The number of esters is 1. The molecule has 4 nitrogen and oxygen atoms in total. The van der Waals surface area contributed by atoms with Crippen molar-refractivity contribution in [3.8, 4) is 21.6 Å². The largest absolute Gasteiger partial charge is 0.463 e. The van der Waals surface area contributed by atoms with Crippen LogP contribution >= 0.6 is 11.3 Å². The van der Waals surface area contributed by atoms with Gasteiger partial charge in [0.1, 0.15) is 5.82 Å². The normalized spacial score (nSPS) is 11.7. The molecule has 0 aliphatic heterocycles. The molecule has 0 saturated heterocycles. The van der Waals surface area contributed by atoms with Crippen molar-refractivity contribution < 1.29 is 22.3 Å². The second kappa shape index (κ2) is 8.71. The number of ether oxygens (including phenoxy) is 1. The number of rotatable bonds is 6. The van der Waals surface area contributed by atoms with Gasteiger partial charge >= 0.3 is 5.97 Å². The summed E-state index contributed by atoms with van der Waals surface area (Å²) >= 11 is 1.45. The van der Waals surface area contributed by atoms with Crippen LogP contribution < -0.4 is 0 Å². The molecule has 7 heteroatoms. The molecular weight excluding hydrogens is 411 g/mol. The van der Waals surface area contributed by atoms with E-state index in [-0.39, 0.29) is 10.7 Å². The van der Waals surface area contributed by atoms with Gasteiger partial charge in [-0.3, -0.25) is 0 Å². The van der Waals surface area contributed by atoms with Gasteiger partial charge in [0.2, 0.25) is 0 Å². The van der Waals surface area contributed by atoms with Crippen LogP contribution in [-0.4, -0.2) is 27.2 Å². The van der Waals surface area contributed by atoms with Crippen LogP contribution in [-0.2, 0) is 19.4 Å². The molecule has 0 N–H and O–H groups in total. The number of hydrogen-bond donors (Lipinski definition) is 0. The fourth-order valence-corrected chi connectivity index (χ4v) is 4.46. The number of sulfone groups is 1. The Morgan fingerprint density at radius 3 is 2.28 bits per heavy atom. The average Bonchev–Trinajstić information content (AvgIpc) is 3.11. The Kier molecular flexibility index (Phi) is 6.30. The molecule has 1 aromatic heterocycles. The third-order valence-corrected chi connectivity index (χ3v) is 6.40. The number of halogens is 1. The van der Waals surface area contributed by atoms with E-state index >= 15 is 0 Å². The Hall–Kier alpha value is -2.77. The summed E-state index contributed by atoms with van der Waals surface area (Å²) in [6.45, 7) is 2.04. The molecule has 0 saturated carbocycles. The van der Waals surface area contributed by atoms with Gasteiger partial charge in [0.15, 0.2) is 9.84 Å². The lowest BCUT2D eigenvalue weighted by Crippen LogP contribution is -1.98. The van der Waals surface area contributed by atoms with Crippen molar-refractivity contribution in [1.82, 2.24) is 0 Å². The third-order valence-electron chi connectivity index (χ3n) is 4.12. The van der Waals surface area contributed by atoms with Crippen molar-refractivity contribution in [3.05, 3.63) is 71.4 Å². The molecule has 0 radical (unpaired) electrons. The zero-order chi connectivity index (χ0) is 21.0. The van der Waals surface area contributed by atoms with Crippen LogP contribution in [0.15, 0.2) is 65.6 Å². The number of carbonyl (C=O) groups excluding carboxylic acids is 1. The Balaban J connectivity index is 2.06. The first-order valence-corrected chi connectivity index (χ1v) is 11.5. The van der Waals surface area contributed by atoms with Gasteiger partial charge in [-0.25, -0.2) is 17.6 Å². The highest BCUT2D eigenvalue weighted by atomic mass is 32.2. The minimum absolute atomic E-state index is 0.238. The first kappa shape index (κ1) is 21.0. The van der Waals surface area contributed by atoms with E-state index < -0.39 is 15.8 Å². The summed E-state index contributed by atoms with van der Waals surface area (Å²) in [5, 5.41) is 0. The molecule has 2 aromatic carbocycles. The highest BCUT2D eigenvalue weighted by Gasteiger charge is 2.14. The van der Waals surface area contributed by atoms with Gasteiger partial charge in [-0.05, 0) is 54.5 Å². The fourth-order valence-electron chi connectivity index (χ4n) is 2.74. The molecule has 1 heterocycles. The monoisotopic (exact) mass is 430 g/mol. The Morgan fingerprint density at radius 2 is 1.69 bits per heavy atom. The van der Waals surface area contributed by atoms with Gasteiger partial charge in [-0.2, -0.15) is 0 Å². The maximum Gasteiger partial charge on any atom is 0.330 e. The van der Waals surface area contributed by atoms with E-state index in [9.17, 15) is 17.6 Å². The van der Waals surface area contributed by atoms with Crippen molar-refractivity contribution in [1.29, 1.82) is 0 Å². The quantitative estimate of drug-likeness (QED) is 0.398. The summed E-state index contributed by atoms with van der Waals surface area (Å²) in [5.41, 5.74) is 2.52. The highest BCUT2D eigenvalue weighted by Crippen LogP contribution is 2.40. The van der Waals surface area contributed by atoms with Gasteiger partial charge in [0, 0.05) is 27.6 Å². The lowest BCUT2D eigenvalue weighted by molar-refractivity contribution is -0.137. The lowest BCUT2D eigenvalue weighted by Gasteiger charge is -2.06. The van der Waals surface area contributed by atoms with E-state index in [1.54, 1.807) is 49.4 Å². The lowest BCUT2D eigenvalue weighted by atomic mass is 10.0. The predicted octanol–water partition coefficient (Wildman–Crippen LogP) is 5.20. The topological polar surface area (TPSA) is 60.4 Å². The SMILES string of the molecule is CCOC(=O)/C=C/c1cc(-c2ccc(S(C)(=O)=O)cc2)c(-c2ccc(F)cc2)s1. The molecule has 0 amide bonds. The van der Waals surface area contributed by atoms with E-state index in [2.05, 4.69) is 0 Å². The van der Waals surface area contributed by atoms with Gasteiger partial charge in [0.05, 0.1) is 11.5 Å². The van der Waals surface area contributed by atoms with E-state index in [1.165, 1.54) is 29.5 Å². The van der Waals surface area contributed by atoms with Gasteiger partial charge in [0.25, 0.3) is 0 Å². The minimum Gasteiger partial charge on any atom is -0.463 e. The highest BCUT2D eigenvalue weighted by molar-refractivity contribution is 7.90. The van der Waals surface area contributed by atoms with Crippen LogP contribution in [0.2, 0.25) is 0 Å². The molecule has 0 fully saturated rings. The van der Waals surface area contributed by atoms with Crippen molar-refractivity contribution in [2.24, 2.45) is 0 Å². The van der Waals surface area contributed by atoms with Crippen LogP contribution in [0.1, 0.15) is 11.8 Å². The third kappa shape index (κ3) is 5.19. The number of benzene rings is 2. The number of hydrogen-bond acceptors (Lipinski definition) is 5. The molecule has 0 bridgehead atoms. The summed E-state index contributed by atoms with van der Waals surface area (Å²) in [7, 11) is -3.29. The molecule has 3 rings (SSSR count).